The summed E-state index contributed by atoms with van der Waals surface area (Å²) in [5.74, 6) is -0.795. The number of rotatable bonds is 5. The summed E-state index contributed by atoms with van der Waals surface area (Å²) >= 11 is 0. The van der Waals surface area contributed by atoms with E-state index in [1.165, 1.54) is 0 Å². The summed E-state index contributed by atoms with van der Waals surface area (Å²) in [6.45, 7) is 9.34. The highest BCUT2D eigenvalue weighted by atomic mass is 16.6. The van der Waals surface area contributed by atoms with Gasteiger partial charge in [-0.15, -0.1) is 0 Å². The van der Waals surface area contributed by atoms with Crippen molar-refractivity contribution in [1.29, 1.82) is 0 Å². The molecule has 0 saturated heterocycles. The van der Waals surface area contributed by atoms with Gasteiger partial charge in [0.15, 0.2) is 0 Å². The lowest BCUT2D eigenvalue weighted by molar-refractivity contribution is -0.137. The first kappa shape index (κ1) is 18.0. The molecule has 0 aliphatic heterocycles. The molecule has 5 heteroatoms. The van der Waals surface area contributed by atoms with Crippen molar-refractivity contribution in [1.82, 2.24) is 0 Å². The Morgan fingerprint density at radius 3 is 2.41 bits per heavy atom. The molecule has 1 amide bonds. The van der Waals surface area contributed by atoms with Crippen LogP contribution in [0.4, 0.5) is 10.5 Å². The summed E-state index contributed by atoms with van der Waals surface area (Å²) in [6.07, 6.45) is 0.889. The number of aryl methyl sites for hydroxylation is 2. The van der Waals surface area contributed by atoms with Gasteiger partial charge in [0.1, 0.15) is 5.60 Å². The van der Waals surface area contributed by atoms with Crippen molar-refractivity contribution >= 4 is 17.7 Å². The van der Waals surface area contributed by atoms with E-state index < -0.39 is 17.7 Å². The number of hydrogen-bond donors (Lipinski definition) is 2. The number of benzene rings is 1. The molecule has 22 heavy (non-hydrogen) atoms. The van der Waals surface area contributed by atoms with Gasteiger partial charge in [-0.05, 0) is 70.2 Å². The van der Waals surface area contributed by atoms with E-state index in [-0.39, 0.29) is 6.42 Å². The molecule has 0 atom stereocenters. The zero-order valence-corrected chi connectivity index (χ0v) is 13.9. The van der Waals surface area contributed by atoms with Crippen molar-refractivity contribution in [2.75, 3.05) is 5.32 Å². The van der Waals surface area contributed by atoms with E-state index >= 15 is 0 Å². The molecule has 2 N–H and O–H groups in total. The van der Waals surface area contributed by atoms with Gasteiger partial charge < -0.3 is 9.84 Å². The van der Waals surface area contributed by atoms with E-state index in [9.17, 15) is 9.59 Å². The lowest BCUT2D eigenvalue weighted by Gasteiger charge is -2.21. The monoisotopic (exact) mass is 307 g/mol. The summed E-state index contributed by atoms with van der Waals surface area (Å²) in [5.41, 5.74) is 3.20. The maximum absolute atomic E-state index is 11.9. The average Bonchev–Trinajstić information content (AvgIpc) is 2.32. The van der Waals surface area contributed by atoms with Crippen LogP contribution in [-0.2, 0) is 16.0 Å². The minimum atomic E-state index is -0.795. The van der Waals surface area contributed by atoms with Crippen LogP contribution in [0.1, 0.15) is 50.3 Å². The second kappa shape index (κ2) is 7.29. The number of anilines is 1. The Hall–Kier alpha value is -2.04. The third kappa shape index (κ3) is 6.16. The fraction of sp³-hybridized carbons (Fsp3) is 0.529. The van der Waals surface area contributed by atoms with E-state index in [1.54, 1.807) is 0 Å². The highest BCUT2D eigenvalue weighted by Crippen LogP contribution is 2.23. The highest BCUT2D eigenvalue weighted by Gasteiger charge is 2.17. The van der Waals surface area contributed by atoms with E-state index in [0.29, 0.717) is 18.5 Å². The molecule has 1 aromatic rings. The van der Waals surface area contributed by atoms with Crippen LogP contribution in [0.25, 0.3) is 0 Å². The largest absolute Gasteiger partial charge is 0.481 e. The van der Waals surface area contributed by atoms with Gasteiger partial charge in [-0.3, -0.25) is 10.1 Å². The maximum atomic E-state index is 11.9. The quantitative estimate of drug-likeness (QED) is 0.860. The van der Waals surface area contributed by atoms with Crippen molar-refractivity contribution in [3.63, 3.8) is 0 Å². The number of nitrogens with one attached hydrogen (secondary N) is 1. The van der Waals surface area contributed by atoms with Gasteiger partial charge in [0, 0.05) is 12.1 Å². The van der Waals surface area contributed by atoms with Crippen molar-refractivity contribution in [2.45, 2.75) is 59.5 Å². The van der Waals surface area contributed by atoms with Gasteiger partial charge in [0.2, 0.25) is 0 Å². The molecule has 0 aliphatic carbocycles. The van der Waals surface area contributed by atoms with Crippen LogP contribution < -0.4 is 5.32 Å². The Morgan fingerprint density at radius 1 is 1.23 bits per heavy atom. The lowest BCUT2D eigenvalue weighted by atomic mass is 10.0. The molecule has 1 aromatic carbocycles. The smallest absolute Gasteiger partial charge is 0.412 e. The molecule has 0 unspecified atom stereocenters. The average molecular weight is 307 g/mol. The summed E-state index contributed by atoms with van der Waals surface area (Å²) in [6, 6.07) is 3.91. The fourth-order valence-electron chi connectivity index (χ4n) is 2.07. The van der Waals surface area contributed by atoms with Gasteiger partial charge in [0.05, 0.1) is 0 Å². The first-order chi connectivity index (χ1) is 10.1. The summed E-state index contributed by atoms with van der Waals surface area (Å²) in [5, 5.41) is 11.5. The molecule has 0 fully saturated rings. The molecule has 122 valence electrons. The second-order valence-corrected chi connectivity index (χ2v) is 6.46. The summed E-state index contributed by atoms with van der Waals surface area (Å²) in [4.78, 5) is 22.5. The highest BCUT2D eigenvalue weighted by molar-refractivity contribution is 5.86. The predicted molar refractivity (Wildman–Crippen MR) is 86.3 cm³/mol. The molecule has 0 saturated carbocycles. The van der Waals surface area contributed by atoms with Gasteiger partial charge in [-0.1, -0.05) is 6.07 Å². The first-order valence-electron chi connectivity index (χ1n) is 7.40. The van der Waals surface area contributed by atoms with E-state index in [2.05, 4.69) is 5.32 Å². The minimum Gasteiger partial charge on any atom is -0.481 e. The Bertz CT molecular complexity index is 559. The number of carbonyl (C=O) groups is 2. The molecular weight excluding hydrogens is 282 g/mol. The fourth-order valence-corrected chi connectivity index (χ4v) is 2.07. The number of carboxylic acids is 1. The van der Waals surface area contributed by atoms with Crippen LogP contribution in [0.5, 0.6) is 0 Å². The molecule has 0 aromatic heterocycles. The molecule has 0 bridgehead atoms. The van der Waals surface area contributed by atoms with Crippen LogP contribution in [-0.4, -0.2) is 22.8 Å². The molecule has 5 nitrogen and oxygen atoms in total. The van der Waals surface area contributed by atoms with Crippen molar-refractivity contribution in [3.8, 4) is 0 Å². The topological polar surface area (TPSA) is 75.6 Å². The predicted octanol–water partition coefficient (Wildman–Crippen LogP) is 4.06. The van der Waals surface area contributed by atoms with E-state index in [1.807, 2.05) is 46.8 Å². The number of ether oxygens (including phenoxy) is 1. The van der Waals surface area contributed by atoms with Gasteiger partial charge in [-0.2, -0.15) is 0 Å². The second-order valence-electron chi connectivity index (χ2n) is 6.46. The van der Waals surface area contributed by atoms with Gasteiger partial charge >= 0.3 is 12.1 Å². The number of amides is 1. The minimum absolute atomic E-state index is 0.141. The number of hydrogen-bond acceptors (Lipinski definition) is 3. The Labute approximate surface area is 131 Å². The standard InChI is InChI=1S/C17H25NO4/c1-11-9-13(7-6-8-15(19)20)10-14(12(11)2)18-16(21)22-17(3,4)5/h9-10H,6-8H2,1-5H3,(H,18,21)(H,19,20). The van der Waals surface area contributed by atoms with Crippen LogP contribution in [0.15, 0.2) is 12.1 Å². The third-order valence-electron chi connectivity index (χ3n) is 3.22. The maximum Gasteiger partial charge on any atom is 0.412 e. The molecule has 0 radical (unpaired) electrons. The third-order valence-corrected chi connectivity index (χ3v) is 3.22. The van der Waals surface area contributed by atoms with E-state index in [0.717, 1.165) is 16.7 Å². The SMILES string of the molecule is Cc1cc(CCCC(=O)O)cc(NC(=O)OC(C)(C)C)c1C. The zero-order valence-electron chi connectivity index (χ0n) is 13.9. The molecular formula is C17H25NO4. The van der Waals surface area contributed by atoms with Crippen molar-refractivity contribution < 1.29 is 19.4 Å². The molecule has 1 rings (SSSR count). The summed E-state index contributed by atoms with van der Waals surface area (Å²) < 4.78 is 5.26. The van der Waals surface area contributed by atoms with Crippen molar-refractivity contribution in [2.24, 2.45) is 0 Å². The van der Waals surface area contributed by atoms with Crippen LogP contribution >= 0.6 is 0 Å². The van der Waals surface area contributed by atoms with E-state index in [4.69, 9.17) is 9.84 Å². The van der Waals surface area contributed by atoms with Gasteiger partial charge in [-0.25, -0.2) is 4.79 Å². The van der Waals surface area contributed by atoms with Gasteiger partial charge in [0.25, 0.3) is 0 Å². The molecule has 0 aliphatic rings. The molecule has 0 heterocycles. The first-order valence-corrected chi connectivity index (χ1v) is 7.40. The zero-order chi connectivity index (χ0) is 16.9. The normalized spacial score (nSPS) is 11.1. The Balaban J connectivity index is 2.83. The Kier molecular flexibility index (Phi) is 5.97. The number of aliphatic carboxylic acids is 1. The summed E-state index contributed by atoms with van der Waals surface area (Å²) in [7, 11) is 0. The van der Waals surface area contributed by atoms with Crippen LogP contribution in [0.3, 0.4) is 0 Å². The van der Waals surface area contributed by atoms with Crippen LogP contribution in [0.2, 0.25) is 0 Å². The lowest BCUT2D eigenvalue weighted by Crippen LogP contribution is -2.27. The van der Waals surface area contributed by atoms with Crippen LogP contribution in [0, 0.1) is 13.8 Å². The number of carbonyl (C=O) groups excluding carboxylic acids is 1. The number of carboxylic acid groups (broad SMARTS) is 1. The van der Waals surface area contributed by atoms with Crippen molar-refractivity contribution in [3.05, 3.63) is 28.8 Å². The molecule has 0 spiro atoms. The Morgan fingerprint density at radius 2 is 1.86 bits per heavy atom.